The van der Waals surface area contributed by atoms with Gasteiger partial charge in [0, 0.05) is 0 Å². The summed E-state index contributed by atoms with van der Waals surface area (Å²) in [4.78, 5) is 26.9. The molecule has 3 aliphatic rings. The molecular weight excluding hydrogens is 380 g/mol. The van der Waals surface area contributed by atoms with E-state index in [0.717, 1.165) is 0 Å². The van der Waals surface area contributed by atoms with Crippen molar-refractivity contribution in [3.63, 3.8) is 0 Å². The number of carbonyl (C=O) groups excluding carboxylic acids is 1. The van der Waals surface area contributed by atoms with E-state index in [0.29, 0.717) is 26.3 Å². The number of carbonyl (C=O) groups is 1. The summed E-state index contributed by atoms with van der Waals surface area (Å²) in [6, 6.07) is 0. The number of ketones is 1. The Morgan fingerprint density at radius 2 is 2.25 bits per heavy atom. The first-order valence-corrected chi connectivity index (χ1v) is 8.75. The number of nitrogens with zero attached hydrogens (tertiary/aromatic N) is 4. The number of aliphatic hydroxyl groups excluding tert-OH is 1. The van der Waals surface area contributed by atoms with E-state index in [9.17, 15) is 15.0 Å². The Kier molecular flexibility index (Phi) is 5.16. The SMILES string of the molecule is CC(=O)[C@]1(OOC([O-])=Nc2c[n+](N3CCOCC3)no2)CO[C@@H]2[C@H](O)CO[C@@H]21. The van der Waals surface area contributed by atoms with Crippen LogP contribution in [0.2, 0.25) is 0 Å². The van der Waals surface area contributed by atoms with Crippen molar-refractivity contribution in [1.29, 1.82) is 0 Å². The van der Waals surface area contributed by atoms with Crippen molar-refractivity contribution in [2.45, 2.75) is 30.8 Å². The van der Waals surface area contributed by atoms with Gasteiger partial charge < -0.3 is 29.3 Å². The van der Waals surface area contributed by atoms with Crippen LogP contribution in [0.5, 0.6) is 0 Å². The monoisotopic (exact) mass is 400 g/mol. The molecule has 0 aromatic carbocycles. The van der Waals surface area contributed by atoms with Crippen LogP contribution in [-0.2, 0) is 28.8 Å². The molecule has 0 saturated carbocycles. The van der Waals surface area contributed by atoms with E-state index >= 15 is 0 Å². The second-order valence-corrected chi connectivity index (χ2v) is 6.61. The molecule has 13 heteroatoms. The summed E-state index contributed by atoms with van der Waals surface area (Å²) in [7, 11) is 0. The van der Waals surface area contributed by atoms with E-state index < -0.39 is 35.8 Å². The van der Waals surface area contributed by atoms with Crippen LogP contribution in [0.4, 0.5) is 5.88 Å². The van der Waals surface area contributed by atoms with Crippen LogP contribution in [0.25, 0.3) is 0 Å². The highest BCUT2D eigenvalue weighted by molar-refractivity contribution is 5.86. The normalized spacial score (nSPS) is 33.1. The smallest absolute Gasteiger partial charge is 0.326 e. The van der Waals surface area contributed by atoms with Gasteiger partial charge in [-0.25, -0.2) is 0 Å². The highest BCUT2D eigenvalue weighted by Gasteiger charge is 2.60. The zero-order chi connectivity index (χ0) is 19.7. The lowest BCUT2D eigenvalue weighted by Crippen LogP contribution is -2.62. The molecule has 1 aromatic heterocycles. The molecule has 0 spiro atoms. The maximum atomic E-state index is 12.1. The second-order valence-electron chi connectivity index (χ2n) is 6.61. The number of ether oxygens (including phenoxy) is 3. The van der Waals surface area contributed by atoms with Gasteiger partial charge in [0.1, 0.15) is 18.3 Å². The zero-order valence-corrected chi connectivity index (χ0v) is 15.1. The number of hydrogen-bond donors (Lipinski definition) is 1. The average Bonchev–Trinajstić information content (AvgIpc) is 3.39. The second kappa shape index (κ2) is 7.60. The van der Waals surface area contributed by atoms with Crippen LogP contribution in [0, 0.1) is 0 Å². The summed E-state index contributed by atoms with van der Waals surface area (Å²) in [6.07, 6.45) is -2.26. The first-order chi connectivity index (χ1) is 13.5. The molecule has 0 amide bonds. The highest BCUT2D eigenvalue weighted by Crippen LogP contribution is 2.37. The van der Waals surface area contributed by atoms with Gasteiger partial charge >= 0.3 is 5.88 Å². The minimum atomic E-state index is -1.66. The van der Waals surface area contributed by atoms with Crippen molar-refractivity contribution in [3.8, 4) is 0 Å². The molecule has 3 aliphatic heterocycles. The molecule has 13 nitrogen and oxygen atoms in total. The summed E-state index contributed by atoms with van der Waals surface area (Å²) in [5.41, 5.74) is -1.66. The third-order valence-corrected chi connectivity index (χ3v) is 4.85. The van der Waals surface area contributed by atoms with E-state index in [1.54, 1.807) is 0 Å². The van der Waals surface area contributed by atoms with Crippen molar-refractivity contribution in [3.05, 3.63) is 6.20 Å². The number of aliphatic hydroxyl groups is 1. The van der Waals surface area contributed by atoms with Gasteiger partial charge in [0.15, 0.2) is 17.5 Å². The van der Waals surface area contributed by atoms with Gasteiger partial charge in [-0.1, -0.05) is 0 Å². The van der Waals surface area contributed by atoms with Crippen LogP contribution in [0.1, 0.15) is 6.92 Å². The zero-order valence-electron chi connectivity index (χ0n) is 15.1. The lowest BCUT2D eigenvalue weighted by atomic mass is 9.92. The first kappa shape index (κ1) is 19.0. The fourth-order valence-corrected chi connectivity index (χ4v) is 3.32. The molecule has 154 valence electrons. The van der Waals surface area contributed by atoms with Crippen LogP contribution >= 0.6 is 0 Å². The Bertz CT molecular complexity index is 750. The van der Waals surface area contributed by atoms with Gasteiger partial charge in [-0.15, -0.1) is 5.01 Å². The maximum absolute atomic E-state index is 12.1. The van der Waals surface area contributed by atoms with Gasteiger partial charge in [0.05, 0.1) is 44.3 Å². The number of fused-ring (bicyclic) bond motifs is 1. The Balaban J connectivity index is 1.41. The van der Waals surface area contributed by atoms with Gasteiger partial charge in [-0.2, -0.15) is 4.99 Å². The number of rotatable bonds is 5. The first-order valence-electron chi connectivity index (χ1n) is 8.75. The van der Waals surface area contributed by atoms with Gasteiger partial charge in [0.2, 0.25) is 5.27 Å². The quantitative estimate of drug-likeness (QED) is 0.174. The van der Waals surface area contributed by atoms with Crippen molar-refractivity contribution >= 4 is 17.8 Å². The van der Waals surface area contributed by atoms with E-state index in [1.165, 1.54) is 17.9 Å². The Morgan fingerprint density at radius 1 is 1.46 bits per heavy atom. The molecular formula is C15H20N4O9. The van der Waals surface area contributed by atoms with E-state index in [1.807, 2.05) is 5.01 Å². The predicted molar refractivity (Wildman–Crippen MR) is 83.6 cm³/mol. The Labute approximate surface area is 158 Å². The molecule has 0 radical (unpaired) electrons. The van der Waals surface area contributed by atoms with Crippen molar-refractivity contribution in [2.75, 3.05) is 44.5 Å². The third kappa shape index (κ3) is 3.42. The van der Waals surface area contributed by atoms with Crippen LogP contribution < -0.4 is 14.9 Å². The van der Waals surface area contributed by atoms with Gasteiger partial charge in [-0.05, 0) is 6.92 Å². The minimum Gasteiger partial charge on any atom is -0.528 e. The molecule has 4 atom stereocenters. The number of hydrogen-bond acceptors (Lipinski definition) is 12. The largest absolute Gasteiger partial charge is 0.528 e. The lowest BCUT2D eigenvalue weighted by Gasteiger charge is -2.32. The molecule has 0 unspecified atom stereocenters. The van der Waals surface area contributed by atoms with Gasteiger partial charge in [0.25, 0.3) is 6.20 Å². The van der Waals surface area contributed by atoms with E-state index in [-0.39, 0.29) is 19.1 Å². The molecule has 28 heavy (non-hydrogen) atoms. The summed E-state index contributed by atoms with van der Waals surface area (Å²) >= 11 is 0. The number of Topliss-reactive ketones (excluding diaryl/α,β-unsaturated/α-hetero) is 1. The Hall–Kier alpha value is -2.32. The number of morpholine rings is 1. The summed E-state index contributed by atoms with van der Waals surface area (Å²) < 4.78 is 21.0. The molecule has 4 heterocycles. The summed E-state index contributed by atoms with van der Waals surface area (Å²) in [5.74, 6) is -0.572. The average molecular weight is 400 g/mol. The maximum Gasteiger partial charge on any atom is 0.326 e. The minimum absolute atomic E-state index is 0.00828. The van der Waals surface area contributed by atoms with Gasteiger partial charge in [-0.3, -0.25) is 14.2 Å². The standard InChI is InChI=1S/C15H20N4O9/c1-9(20)15(8-25-12-10(21)7-24-13(12)15)28-27-14(22)16-11-6-19(17-26-11)18-2-4-23-5-3-18/h6,10,12-13,21H,2-5,7-8H2,1H3/t10-,12-,13+,15-/m1/s1. The van der Waals surface area contributed by atoms with Crippen molar-refractivity contribution in [1.82, 2.24) is 5.27 Å². The molecule has 4 rings (SSSR count). The van der Waals surface area contributed by atoms with Crippen LogP contribution in [-0.4, -0.2) is 85.7 Å². The van der Waals surface area contributed by atoms with Crippen LogP contribution in [0.3, 0.4) is 0 Å². The molecule has 3 fully saturated rings. The molecule has 0 bridgehead atoms. The van der Waals surface area contributed by atoms with Crippen molar-refractivity contribution < 1.29 is 48.3 Å². The van der Waals surface area contributed by atoms with E-state index in [2.05, 4.69) is 10.3 Å². The van der Waals surface area contributed by atoms with Crippen molar-refractivity contribution in [2.24, 2.45) is 4.99 Å². The molecule has 0 aliphatic carbocycles. The fraction of sp³-hybridized carbons (Fsp3) is 0.733. The number of aromatic nitrogens is 2. The van der Waals surface area contributed by atoms with E-state index in [4.69, 9.17) is 28.5 Å². The Morgan fingerprint density at radius 3 is 3.00 bits per heavy atom. The third-order valence-electron chi connectivity index (χ3n) is 4.85. The number of aliphatic imine (C=N–C) groups is 1. The molecule has 1 aromatic rings. The fourth-order valence-electron chi connectivity index (χ4n) is 3.32. The molecule has 3 saturated heterocycles. The summed E-state index contributed by atoms with van der Waals surface area (Å²) in [5, 5.41) is 27.4. The topological polar surface area (TPSA) is 152 Å². The predicted octanol–water partition coefficient (Wildman–Crippen LogP) is -3.29. The molecule has 1 N–H and O–H groups in total. The van der Waals surface area contributed by atoms with Crippen LogP contribution in [0.15, 0.2) is 15.7 Å². The highest BCUT2D eigenvalue weighted by atomic mass is 17.2. The lowest BCUT2D eigenvalue weighted by molar-refractivity contribution is -0.759. The summed E-state index contributed by atoms with van der Waals surface area (Å²) in [6.45, 7) is 3.35.